The second kappa shape index (κ2) is 6.04. The van der Waals surface area contributed by atoms with Gasteiger partial charge in [0.15, 0.2) is 0 Å². The molecule has 104 valence electrons. The summed E-state index contributed by atoms with van der Waals surface area (Å²) >= 11 is 5.89. The first-order chi connectivity index (χ1) is 8.69. The summed E-state index contributed by atoms with van der Waals surface area (Å²) in [4.78, 5) is 22.7. The fraction of sp³-hybridized carbons (Fsp3) is 0.385. The number of nitrogens with one attached hydrogen (secondary N) is 1. The number of rotatable bonds is 5. The maximum atomic E-state index is 11.7. The average molecular weight is 284 g/mol. The van der Waals surface area contributed by atoms with E-state index in [1.807, 2.05) is 13.8 Å². The van der Waals surface area contributed by atoms with E-state index in [4.69, 9.17) is 23.1 Å². The fourth-order valence-electron chi connectivity index (χ4n) is 1.45. The molecule has 0 radical (unpaired) electrons. The SMILES string of the molecule is CC(C)(N)CCC(=O)Nc1ccc(C(N)=O)c(Cl)c1. The number of carbonyl (C=O) groups is 2. The van der Waals surface area contributed by atoms with E-state index in [1.165, 1.54) is 12.1 Å². The van der Waals surface area contributed by atoms with E-state index in [9.17, 15) is 9.59 Å². The van der Waals surface area contributed by atoms with Crippen LogP contribution in [0.25, 0.3) is 0 Å². The highest BCUT2D eigenvalue weighted by atomic mass is 35.5. The van der Waals surface area contributed by atoms with Crippen molar-refractivity contribution in [2.24, 2.45) is 11.5 Å². The Morgan fingerprint density at radius 2 is 2.00 bits per heavy atom. The number of halogens is 1. The van der Waals surface area contributed by atoms with E-state index in [0.29, 0.717) is 18.5 Å². The minimum atomic E-state index is -0.604. The highest BCUT2D eigenvalue weighted by Gasteiger charge is 2.14. The Balaban J connectivity index is 2.65. The van der Waals surface area contributed by atoms with Gasteiger partial charge >= 0.3 is 0 Å². The van der Waals surface area contributed by atoms with Crippen molar-refractivity contribution in [2.75, 3.05) is 5.32 Å². The van der Waals surface area contributed by atoms with Gasteiger partial charge in [-0.2, -0.15) is 0 Å². The molecule has 0 atom stereocenters. The average Bonchev–Trinajstić information content (AvgIpc) is 2.25. The summed E-state index contributed by atoms with van der Waals surface area (Å²) in [5.74, 6) is -0.755. The van der Waals surface area contributed by atoms with Gasteiger partial charge in [0.05, 0.1) is 10.6 Å². The zero-order valence-corrected chi connectivity index (χ0v) is 11.8. The Hall–Kier alpha value is -1.59. The van der Waals surface area contributed by atoms with E-state index >= 15 is 0 Å². The highest BCUT2D eigenvalue weighted by Crippen LogP contribution is 2.21. The van der Waals surface area contributed by atoms with Crippen LogP contribution in [0.2, 0.25) is 5.02 Å². The van der Waals surface area contributed by atoms with Crippen molar-refractivity contribution in [3.8, 4) is 0 Å². The Bertz CT molecular complexity index is 495. The van der Waals surface area contributed by atoms with Crippen molar-refractivity contribution < 1.29 is 9.59 Å². The van der Waals surface area contributed by atoms with Crippen LogP contribution in [-0.2, 0) is 4.79 Å². The lowest BCUT2D eigenvalue weighted by Gasteiger charge is -2.17. The van der Waals surface area contributed by atoms with Gasteiger partial charge in [0, 0.05) is 17.6 Å². The van der Waals surface area contributed by atoms with Gasteiger partial charge in [0.25, 0.3) is 0 Å². The van der Waals surface area contributed by atoms with Crippen molar-refractivity contribution in [3.05, 3.63) is 28.8 Å². The minimum absolute atomic E-state index is 0.151. The third-order valence-corrected chi connectivity index (χ3v) is 2.83. The summed E-state index contributed by atoms with van der Waals surface area (Å²) in [7, 11) is 0. The first kappa shape index (κ1) is 15.5. The molecule has 2 amide bonds. The van der Waals surface area contributed by atoms with Crippen LogP contribution in [0.4, 0.5) is 5.69 Å². The van der Waals surface area contributed by atoms with Gasteiger partial charge in [-0.05, 0) is 38.5 Å². The van der Waals surface area contributed by atoms with Gasteiger partial charge in [0.2, 0.25) is 11.8 Å². The lowest BCUT2D eigenvalue weighted by molar-refractivity contribution is -0.116. The summed E-state index contributed by atoms with van der Waals surface area (Å²) in [6.07, 6.45) is 0.893. The summed E-state index contributed by atoms with van der Waals surface area (Å²) in [6.45, 7) is 3.72. The molecule has 0 aromatic heterocycles. The molecule has 0 aliphatic rings. The van der Waals surface area contributed by atoms with E-state index in [2.05, 4.69) is 5.32 Å². The Morgan fingerprint density at radius 1 is 1.37 bits per heavy atom. The molecule has 0 aliphatic carbocycles. The lowest BCUT2D eigenvalue weighted by atomic mass is 10.00. The van der Waals surface area contributed by atoms with Crippen LogP contribution in [0.1, 0.15) is 37.0 Å². The second-order valence-electron chi connectivity index (χ2n) is 5.10. The van der Waals surface area contributed by atoms with E-state index in [1.54, 1.807) is 6.07 Å². The molecule has 19 heavy (non-hydrogen) atoms. The fourth-order valence-corrected chi connectivity index (χ4v) is 1.73. The zero-order chi connectivity index (χ0) is 14.6. The van der Waals surface area contributed by atoms with Crippen molar-refractivity contribution in [1.29, 1.82) is 0 Å². The van der Waals surface area contributed by atoms with Crippen molar-refractivity contribution in [1.82, 2.24) is 0 Å². The summed E-state index contributed by atoms with van der Waals surface area (Å²) in [6, 6.07) is 4.55. The highest BCUT2D eigenvalue weighted by molar-refractivity contribution is 6.34. The number of amides is 2. The Labute approximate surface area is 117 Å². The molecule has 1 aromatic carbocycles. The van der Waals surface area contributed by atoms with Crippen LogP contribution < -0.4 is 16.8 Å². The maximum absolute atomic E-state index is 11.7. The largest absolute Gasteiger partial charge is 0.366 e. The predicted octanol–water partition coefficient (Wildman–Crippen LogP) is 1.89. The molecule has 0 bridgehead atoms. The Morgan fingerprint density at radius 3 is 2.47 bits per heavy atom. The number of carbonyl (C=O) groups excluding carboxylic acids is 2. The number of nitrogens with two attached hydrogens (primary N) is 2. The van der Waals surface area contributed by atoms with Crippen molar-refractivity contribution in [3.63, 3.8) is 0 Å². The third kappa shape index (κ3) is 5.28. The molecule has 0 fully saturated rings. The van der Waals surface area contributed by atoms with Gasteiger partial charge in [0.1, 0.15) is 0 Å². The molecular formula is C13H18ClN3O2. The first-order valence-electron chi connectivity index (χ1n) is 5.87. The molecule has 5 N–H and O–H groups in total. The molecule has 0 saturated carbocycles. The van der Waals surface area contributed by atoms with Crippen LogP contribution in [0.15, 0.2) is 18.2 Å². The van der Waals surface area contributed by atoms with E-state index in [0.717, 1.165) is 0 Å². The molecule has 0 unspecified atom stereocenters. The van der Waals surface area contributed by atoms with Gasteiger partial charge in [-0.3, -0.25) is 9.59 Å². The lowest BCUT2D eigenvalue weighted by Crippen LogP contribution is -2.33. The number of hydrogen-bond donors (Lipinski definition) is 3. The smallest absolute Gasteiger partial charge is 0.250 e. The van der Waals surface area contributed by atoms with Crippen LogP contribution in [0.5, 0.6) is 0 Å². The predicted molar refractivity (Wildman–Crippen MR) is 76.1 cm³/mol. The molecule has 1 rings (SSSR count). The molecule has 6 heteroatoms. The van der Waals surface area contributed by atoms with Gasteiger partial charge in [-0.1, -0.05) is 11.6 Å². The molecule has 0 saturated heterocycles. The van der Waals surface area contributed by atoms with Crippen LogP contribution in [-0.4, -0.2) is 17.4 Å². The zero-order valence-electron chi connectivity index (χ0n) is 11.0. The van der Waals surface area contributed by atoms with Crippen molar-refractivity contribution >= 4 is 29.1 Å². The number of anilines is 1. The first-order valence-corrected chi connectivity index (χ1v) is 6.25. The quantitative estimate of drug-likeness (QED) is 0.769. The number of primary amides is 1. The summed E-state index contributed by atoms with van der Waals surface area (Å²) in [5.41, 5.74) is 11.3. The van der Waals surface area contributed by atoms with E-state index < -0.39 is 5.91 Å². The molecule has 0 spiro atoms. The molecular weight excluding hydrogens is 266 g/mol. The monoisotopic (exact) mass is 283 g/mol. The topological polar surface area (TPSA) is 98.2 Å². The number of hydrogen-bond acceptors (Lipinski definition) is 3. The summed E-state index contributed by atoms with van der Waals surface area (Å²) < 4.78 is 0. The molecule has 0 heterocycles. The molecule has 0 aliphatic heterocycles. The van der Waals surface area contributed by atoms with Crippen LogP contribution in [0, 0.1) is 0 Å². The second-order valence-corrected chi connectivity index (χ2v) is 5.50. The van der Waals surface area contributed by atoms with Gasteiger partial charge in [-0.25, -0.2) is 0 Å². The van der Waals surface area contributed by atoms with Crippen molar-refractivity contribution in [2.45, 2.75) is 32.2 Å². The Kier molecular flexibility index (Phi) is 4.91. The van der Waals surface area contributed by atoms with Crippen LogP contribution >= 0.6 is 11.6 Å². The number of benzene rings is 1. The maximum Gasteiger partial charge on any atom is 0.250 e. The van der Waals surface area contributed by atoms with Gasteiger partial charge in [-0.15, -0.1) is 0 Å². The van der Waals surface area contributed by atoms with E-state index in [-0.39, 0.29) is 22.0 Å². The molecule has 5 nitrogen and oxygen atoms in total. The van der Waals surface area contributed by atoms with Gasteiger partial charge < -0.3 is 16.8 Å². The third-order valence-electron chi connectivity index (χ3n) is 2.51. The minimum Gasteiger partial charge on any atom is -0.366 e. The molecule has 1 aromatic rings. The summed E-state index contributed by atoms with van der Waals surface area (Å²) in [5, 5.41) is 2.90. The normalized spacial score (nSPS) is 11.2. The standard InChI is InChI=1S/C13H18ClN3O2/c1-13(2,16)6-5-11(18)17-8-3-4-9(12(15)19)10(14)7-8/h3-4,7H,5-6,16H2,1-2H3,(H2,15,19)(H,17,18). The van der Waals surface area contributed by atoms with Crippen LogP contribution in [0.3, 0.4) is 0 Å².